The number of nitrogens with zero attached hydrogens (tertiary/aromatic N) is 6. The Kier molecular flexibility index (Phi) is 7.09. The molecule has 1 fully saturated rings. The number of aromatic nitrogens is 5. The van der Waals surface area contributed by atoms with Gasteiger partial charge in [-0.15, -0.1) is 0 Å². The fourth-order valence-corrected chi connectivity index (χ4v) is 5.74. The van der Waals surface area contributed by atoms with E-state index >= 15 is 0 Å². The van der Waals surface area contributed by atoms with Crippen molar-refractivity contribution >= 4 is 17.7 Å². The molecule has 1 aromatic carbocycles. The average Bonchev–Trinajstić information content (AvgIpc) is 3.36. The third-order valence-corrected chi connectivity index (χ3v) is 8.04. The molecule has 3 amide bonds. The molecule has 1 aliphatic carbocycles. The standard InChI is InChI=1S/C27H31FN8O5/c1-16-10-17(4-5-18(16)28)11-30-21(38)19-20(37)23(40)36-13-26(12-35-15-29-14-31-35)6-8-27(9-7-26,25(36)32-19)33-22(39)24(41)34(2)3/h4-5,10,14-15,37H,6-9,11-13H2,1-3H3,(H,30,38)(H,33,39). The Balaban J connectivity index is 1.54. The van der Waals surface area contributed by atoms with E-state index in [0.717, 1.165) is 4.90 Å². The maximum absolute atomic E-state index is 13.7. The number of amides is 3. The van der Waals surface area contributed by atoms with Gasteiger partial charge >= 0.3 is 11.8 Å². The number of carbonyl (C=O) groups is 3. The van der Waals surface area contributed by atoms with Gasteiger partial charge < -0.3 is 20.6 Å². The molecule has 0 unspecified atom stereocenters. The normalized spacial score (nSPS) is 21.1. The number of benzene rings is 1. The number of aromatic hydroxyl groups is 1. The van der Waals surface area contributed by atoms with Crippen molar-refractivity contribution in [2.75, 3.05) is 14.1 Å². The number of hydrogen-bond donors (Lipinski definition) is 3. The third kappa shape index (κ3) is 5.16. The monoisotopic (exact) mass is 566 g/mol. The number of halogens is 1. The molecule has 3 aliphatic rings. The fraction of sp³-hybridized carbons (Fsp3) is 0.444. The Morgan fingerprint density at radius 1 is 1.17 bits per heavy atom. The average molecular weight is 567 g/mol. The van der Waals surface area contributed by atoms with Crippen LogP contribution < -0.4 is 16.2 Å². The first-order valence-electron chi connectivity index (χ1n) is 13.2. The van der Waals surface area contributed by atoms with E-state index in [0.29, 0.717) is 43.4 Å². The molecule has 41 heavy (non-hydrogen) atoms. The van der Waals surface area contributed by atoms with Gasteiger partial charge in [0.1, 0.15) is 24.3 Å². The second-order valence-corrected chi connectivity index (χ2v) is 11.1. The maximum atomic E-state index is 13.7. The zero-order chi connectivity index (χ0) is 29.5. The van der Waals surface area contributed by atoms with Gasteiger partial charge in [-0.05, 0) is 49.8 Å². The molecular weight excluding hydrogens is 535 g/mol. The minimum absolute atomic E-state index is 0.000274. The highest BCUT2D eigenvalue weighted by molar-refractivity contribution is 6.35. The van der Waals surface area contributed by atoms with Gasteiger partial charge in [0, 0.05) is 32.6 Å². The van der Waals surface area contributed by atoms with Crippen LogP contribution in [0.25, 0.3) is 0 Å². The minimum Gasteiger partial charge on any atom is -0.501 e. The number of rotatable bonds is 6. The fourth-order valence-electron chi connectivity index (χ4n) is 5.74. The summed E-state index contributed by atoms with van der Waals surface area (Å²) in [6.07, 6.45) is 4.74. The van der Waals surface area contributed by atoms with Gasteiger partial charge in [-0.1, -0.05) is 12.1 Å². The Morgan fingerprint density at radius 2 is 1.90 bits per heavy atom. The number of carbonyl (C=O) groups excluding carboxylic acids is 3. The van der Waals surface area contributed by atoms with E-state index in [9.17, 15) is 28.7 Å². The summed E-state index contributed by atoms with van der Waals surface area (Å²) < 4.78 is 16.6. The molecule has 0 radical (unpaired) electrons. The zero-order valence-electron chi connectivity index (χ0n) is 23.0. The Hall–Kier alpha value is -4.62. The summed E-state index contributed by atoms with van der Waals surface area (Å²) in [5.41, 5.74) is -2.03. The Bertz CT molecular complexity index is 1570. The largest absolute Gasteiger partial charge is 0.501 e. The number of hydrogen-bond acceptors (Lipinski definition) is 8. The van der Waals surface area contributed by atoms with Gasteiger partial charge in [0.15, 0.2) is 5.69 Å². The van der Waals surface area contributed by atoms with Crippen LogP contribution in [0.15, 0.2) is 35.6 Å². The van der Waals surface area contributed by atoms with Crippen molar-refractivity contribution in [2.24, 2.45) is 5.41 Å². The SMILES string of the molecule is Cc1cc(CNC(=O)c2nc3n(c(=O)c2O)CC2(Cn4cncn4)CCC3(NC(=O)C(=O)N(C)C)CC2)ccc1F. The van der Waals surface area contributed by atoms with Crippen LogP contribution in [0.5, 0.6) is 5.75 Å². The van der Waals surface area contributed by atoms with Crippen LogP contribution in [0.4, 0.5) is 4.39 Å². The van der Waals surface area contributed by atoms with Gasteiger partial charge in [0.05, 0.1) is 12.1 Å². The van der Waals surface area contributed by atoms with Crippen LogP contribution >= 0.6 is 0 Å². The third-order valence-electron chi connectivity index (χ3n) is 8.04. The summed E-state index contributed by atoms with van der Waals surface area (Å²) in [6, 6.07) is 4.38. The lowest BCUT2D eigenvalue weighted by Gasteiger charge is -2.42. The van der Waals surface area contributed by atoms with Crippen LogP contribution in [0, 0.1) is 18.2 Å². The first-order valence-corrected chi connectivity index (χ1v) is 13.2. The Labute approximate surface area is 234 Å². The van der Waals surface area contributed by atoms with Gasteiger partial charge in [0.25, 0.3) is 11.5 Å². The van der Waals surface area contributed by atoms with E-state index in [2.05, 4.69) is 25.7 Å². The summed E-state index contributed by atoms with van der Waals surface area (Å²) in [5.74, 6) is -3.57. The lowest BCUT2D eigenvalue weighted by molar-refractivity contribution is -0.145. The molecule has 0 atom stereocenters. The highest BCUT2D eigenvalue weighted by Gasteiger charge is 2.52. The number of nitrogens with one attached hydrogen (secondary N) is 2. The topological polar surface area (TPSA) is 164 Å². The van der Waals surface area contributed by atoms with Crippen molar-refractivity contribution in [3.8, 4) is 5.75 Å². The quantitative estimate of drug-likeness (QED) is 0.365. The lowest BCUT2D eigenvalue weighted by Crippen LogP contribution is -2.54. The molecule has 3 N–H and O–H groups in total. The van der Waals surface area contributed by atoms with Crippen LogP contribution in [-0.4, -0.2) is 66.1 Å². The highest BCUT2D eigenvalue weighted by atomic mass is 19.1. The van der Waals surface area contributed by atoms with Crippen molar-refractivity contribution in [3.63, 3.8) is 0 Å². The van der Waals surface area contributed by atoms with Gasteiger partial charge in [-0.25, -0.2) is 14.4 Å². The van der Waals surface area contributed by atoms with E-state index in [1.165, 1.54) is 37.1 Å². The number of likely N-dealkylation sites (N-methyl/N-ethyl adjacent to an activating group) is 1. The molecule has 2 bridgehead atoms. The van der Waals surface area contributed by atoms with Crippen LogP contribution in [-0.2, 0) is 34.8 Å². The van der Waals surface area contributed by atoms with E-state index in [1.807, 2.05) is 0 Å². The summed E-state index contributed by atoms with van der Waals surface area (Å²) >= 11 is 0. The molecule has 2 aliphatic heterocycles. The summed E-state index contributed by atoms with van der Waals surface area (Å²) in [4.78, 5) is 61.9. The van der Waals surface area contributed by atoms with Crippen molar-refractivity contribution in [3.05, 3.63) is 69.7 Å². The Morgan fingerprint density at radius 3 is 2.54 bits per heavy atom. The summed E-state index contributed by atoms with van der Waals surface area (Å²) in [5, 5.41) is 20.5. The molecule has 13 nitrogen and oxygen atoms in total. The molecule has 4 heterocycles. The van der Waals surface area contributed by atoms with Crippen molar-refractivity contribution < 1.29 is 23.9 Å². The van der Waals surface area contributed by atoms with Crippen molar-refractivity contribution in [1.82, 2.24) is 39.8 Å². The number of aryl methyl sites for hydroxylation is 1. The molecule has 0 saturated heterocycles. The molecular formula is C27H31FN8O5. The lowest BCUT2D eigenvalue weighted by atomic mass is 9.68. The van der Waals surface area contributed by atoms with Gasteiger partial charge in [0.2, 0.25) is 5.75 Å². The smallest absolute Gasteiger partial charge is 0.311 e. The number of fused-ring (bicyclic) bond motifs is 2. The van der Waals surface area contributed by atoms with E-state index in [-0.39, 0.29) is 24.7 Å². The van der Waals surface area contributed by atoms with E-state index < -0.39 is 45.7 Å². The van der Waals surface area contributed by atoms with Gasteiger partial charge in [-0.2, -0.15) is 5.10 Å². The predicted octanol–water partition coefficient (Wildman–Crippen LogP) is 0.592. The second kappa shape index (κ2) is 10.4. The van der Waals surface area contributed by atoms with E-state index in [1.54, 1.807) is 24.0 Å². The molecule has 2 aromatic heterocycles. The molecule has 14 heteroatoms. The van der Waals surface area contributed by atoms with Crippen molar-refractivity contribution in [1.29, 1.82) is 0 Å². The minimum atomic E-state index is -1.24. The van der Waals surface area contributed by atoms with E-state index in [4.69, 9.17) is 0 Å². The molecule has 3 aromatic rings. The van der Waals surface area contributed by atoms with Crippen LogP contribution in [0.1, 0.15) is 53.1 Å². The molecule has 216 valence electrons. The van der Waals surface area contributed by atoms with Gasteiger partial charge in [-0.3, -0.25) is 28.4 Å². The van der Waals surface area contributed by atoms with Crippen molar-refractivity contribution in [2.45, 2.75) is 57.8 Å². The summed E-state index contributed by atoms with van der Waals surface area (Å²) in [6.45, 7) is 2.18. The van der Waals surface area contributed by atoms with Crippen LogP contribution in [0.2, 0.25) is 0 Å². The second-order valence-electron chi connectivity index (χ2n) is 11.1. The molecule has 6 rings (SSSR count). The first kappa shape index (κ1) is 27.9. The predicted molar refractivity (Wildman–Crippen MR) is 142 cm³/mol. The molecule has 0 spiro atoms. The highest BCUT2D eigenvalue weighted by Crippen LogP contribution is 2.50. The summed E-state index contributed by atoms with van der Waals surface area (Å²) in [7, 11) is 2.91. The van der Waals surface area contributed by atoms with Crippen LogP contribution in [0.3, 0.4) is 0 Å². The zero-order valence-corrected chi connectivity index (χ0v) is 23.0. The molecule has 1 saturated carbocycles. The maximum Gasteiger partial charge on any atom is 0.311 e. The first-order chi connectivity index (χ1) is 19.4.